The van der Waals surface area contributed by atoms with Crippen LogP contribution in [-0.4, -0.2) is 76.4 Å². The third-order valence-electron chi connectivity index (χ3n) is 7.50. The molecule has 2 aromatic heterocycles. The van der Waals surface area contributed by atoms with Crippen molar-refractivity contribution in [3.63, 3.8) is 0 Å². The second kappa shape index (κ2) is 12.1. The monoisotopic (exact) mass is 585 g/mol. The molecule has 0 unspecified atom stereocenters. The molecule has 9 nitrogen and oxygen atoms in total. The zero-order valence-corrected chi connectivity index (χ0v) is 25.2. The summed E-state index contributed by atoms with van der Waals surface area (Å²) in [7, 11) is -3.40. The normalized spacial score (nSPS) is 17.8. The van der Waals surface area contributed by atoms with Gasteiger partial charge in [-0.2, -0.15) is 4.31 Å². The SMILES string of the molecule is CCCc1cnc(N2CCC(Oc3nc4ccc(C5=CCN(S(=O)(=O)CCC(C)(C)O)CC5)cc4s3)CC2)nc1. The van der Waals surface area contributed by atoms with Gasteiger partial charge in [-0.1, -0.05) is 36.8 Å². The van der Waals surface area contributed by atoms with Crippen LogP contribution in [0.3, 0.4) is 0 Å². The number of ether oxygens (including phenoxy) is 1. The Bertz CT molecular complexity index is 1440. The number of aliphatic hydroxyl groups is 1. The molecule has 0 aliphatic carbocycles. The van der Waals surface area contributed by atoms with Crippen molar-refractivity contribution in [3.8, 4) is 5.19 Å². The van der Waals surface area contributed by atoms with Crippen LogP contribution in [0.5, 0.6) is 5.19 Å². The van der Waals surface area contributed by atoms with Gasteiger partial charge >= 0.3 is 0 Å². The van der Waals surface area contributed by atoms with E-state index in [-0.39, 0.29) is 18.3 Å². The van der Waals surface area contributed by atoms with Gasteiger partial charge in [-0.3, -0.25) is 0 Å². The first-order chi connectivity index (χ1) is 19.1. The van der Waals surface area contributed by atoms with E-state index in [1.54, 1.807) is 25.2 Å². The van der Waals surface area contributed by atoms with Crippen LogP contribution in [0, 0.1) is 0 Å². The largest absolute Gasteiger partial charge is 0.467 e. The maximum Gasteiger partial charge on any atom is 0.274 e. The van der Waals surface area contributed by atoms with Crippen molar-refractivity contribution in [2.45, 2.75) is 71.0 Å². The van der Waals surface area contributed by atoms with Crippen molar-refractivity contribution in [1.82, 2.24) is 19.3 Å². The topological polar surface area (TPSA) is 109 Å². The molecule has 4 heterocycles. The molecule has 11 heteroatoms. The minimum atomic E-state index is -3.40. The first-order valence-electron chi connectivity index (χ1n) is 14.1. The molecular formula is C29H39N5O4S2. The second-order valence-corrected chi connectivity index (χ2v) is 14.4. The molecule has 3 aromatic rings. The maximum atomic E-state index is 12.7. The van der Waals surface area contributed by atoms with Crippen molar-refractivity contribution >= 4 is 43.1 Å². The van der Waals surface area contributed by atoms with Crippen molar-refractivity contribution in [2.24, 2.45) is 0 Å². The van der Waals surface area contributed by atoms with Crippen molar-refractivity contribution in [3.05, 3.63) is 47.8 Å². The van der Waals surface area contributed by atoms with Crippen molar-refractivity contribution < 1.29 is 18.3 Å². The summed E-state index contributed by atoms with van der Waals surface area (Å²) >= 11 is 1.56. The lowest BCUT2D eigenvalue weighted by Gasteiger charge is -2.31. The Kier molecular flexibility index (Phi) is 8.75. The zero-order valence-electron chi connectivity index (χ0n) is 23.5. The highest BCUT2D eigenvalue weighted by molar-refractivity contribution is 7.89. The number of benzene rings is 1. The zero-order chi connectivity index (χ0) is 28.3. The fourth-order valence-corrected chi connectivity index (χ4v) is 7.68. The molecule has 40 heavy (non-hydrogen) atoms. The molecule has 0 radical (unpaired) electrons. The molecule has 0 amide bonds. The number of rotatable bonds is 10. The van der Waals surface area contributed by atoms with Crippen LogP contribution in [0.25, 0.3) is 15.8 Å². The maximum absolute atomic E-state index is 12.7. The van der Waals surface area contributed by atoms with Crippen LogP contribution < -0.4 is 9.64 Å². The average molecular weight is 586 g/mol. The van der Waals surface area contributed by atoms with Gasteiger partial charge in [0, 0.05) is 51.4 Å². The van der Waals surface area contributed by atoms with Crippen molar-refractivity contribution in [2.75, 3.05) is 36.8 Å². The summed E-state index contributed by atoms with van der Waals surface area (Å²) in [5, 5.41) is 10.6. The van der Waals surface area contributed by atoms with Crippen LogP contribution in [0.15, 0.2) is 36.7 Å². The number of piperidine rings is 1. The van der Waals surface area contributed by atoms with E-state index < -0.39 is 15.6 Å². The number of hydrogen-bond donors (Lipinski definition) is 1. The number of hydrogen-bond acceptors (Lipinski definition) is 9. The van der Waals surface area contributed by atoms with E-state index in [9.17, 15) is 13.5 Å². The summed E-state index contributed by atoms with van der Waals surface area (Å²) in [6.07, 6.45) is 10.7. The van der Waals surface area contributed by atoms with Gasteiger partial charge in [0.15, 0.2) is 0 Å². The lowest BCUT2D eigenvalue weighted by atomic mass is 10.0. The smallest absolute Gasteiger partial charge is 0.274 e. The summed E-state index contributed by atoms with van der Waals surface area (Å²) < 4.78 is 34.3. The summed E-state index contributed by atoms with van der Waals surface area (Å²) in [6, 6.07) is 6.20. The highest BCUT2D eigenvalue weighted by Crippen LogP contribution is 2.33. The minimum Gasteiger partial charge on any atom is -0.467 e. The van der Waals surface area contributed by atoms with Crippen LogP contribution >= 0.6 is 11.3 Å². The molecule has 0 atom stereocenters. The Labute approximate surface area is 241 Å². The Morgan fingerprint density at radius 1 is 1.15 bits per heavy atom. The first kappa shape index (κ1) is 28.9. The van der Waals surface area contributed by atoms with Crippen LogP contribution in [0.4, 0.5) is 5.95 Å². The Morgan fingerprint density at radius 3 is 2.55 bits per heavy atom. The number of aromatic nitrogens is 3. The summed E-state index contributed by atoms with van der Waals surface area (Å²) in [4.78, 5) is 16.0. The third-order valence-corrected chi connectivity index (χ3v) is 10.2. The fourth-order valence-electron chi connectivity index (χ4n) is 5.07. The molecule has 1 aromatic carbocycles. The molecular weight excluding hydrogens is 546 g/mol. The number of anilines is 1. The minimum absolute atomic E-state index is 0.0474. The van der Waals surface area contributed by atoms with E-state index in [4.69, 9.17) is 9.72 Å². The van der Waals surface area contributed by atoms with Gasteiger partial charge in [-0.25, -0.2) is 23.4 Å². The van der Waals surface area contributed by atoms with E-state index in [0.29, 0.717) is 24.7 Å². The number of thiazole rings is 1. The van der Waals surface area contributed by atoms with Crippen molar-refractivity contribution in [1.29, 1.82) is 0 Å². The number of sulfonamides is 1. The summed E-state index contributed by atoms with van der Waals surface area (Å²) in [5.74, 6) is 0.742. The molecule has 2 aliphatic rings. The Balaban J connectivity index is 1.17. The van der Waals surface area contributed by atoms with E-state index in [0.717, 1.165) is 66.1 Å². The lowest BCUT2D eigenvalue weighted by molar-refractivity contribution is 0.0769. The van der Waals surface area contributed by atoms with E-state index >= 15 is 0 Å². The van der Waals surface area contributed by atoms with E-state index in [1.165, 1.54) is 9.87 Å². The van der Waals surface area contributed by atoms with E-state index in [2.05, 4.69) is 33.9 Å². The molecule has 216 valence electrons. The molecule has 1 fully saturated rings. The second-order valence-electron chi connectivity index (χ2n) is 11.3. The summed E-state index contributed by atoms with van der Waals surface area (Å²) in [5.41, 5.74) is 3.33. The number of aryl methyl sites for hydroxylation is 1. The van der Waals surface area contributed by atoms with Gasteiger partial charge < -0.3 is 14.7 Å². The lowest BCUT2D eigenvalue weighted by Crippen LogP contribution is -2.39. The van der Waals surface area contributed by atoms with Gasteiger partial charge in [0.2, 0.25) is 16.0 Å². The predicted octanol–water partition coefficient (Wildman–Crippen LogP) is 4.67. The van der Waals surface area contributed by atoms with E-state index in [1.807, 2.05) is 24.5 Å². The third kappa shape index (κ3) is 7.18. The number of nitrogens with zero attached hydrogens (tertiary/aromatic N) is 5. The highest BCUT2D eigenvalue weighted by Gasteiger charge is 2.27. The van der Waals surface area contributed by atoms with Gasteiger partial charge in [-0.15, -0.1) is 0 Å². The molecule has 1 saturated heterocycles. The Hall–Kier alpha value is -2.60. The molecule has 0 spiro atoms. The van der Waals surface area contributed by atoms with Gasteiger partial charge in [0.25, 0.3) is 5.19 Å². The highest BCUT2D eigenvalue weighted by atomic mass is 32.2. The fraction of sp³-hybridized carbons (Fsp3) is 0.552. The van der Waals surface area contributed by atoms with Gasteiger partial charge in [0.05, 0.1) is 21.6 Å². The molecule has 0 saturated carbocycles. The van der Waals surface area contributed by atoms with Gasteiger partial charge in [-0.05, 0) is 61.9 Å². The van der Waals surface area contributed by atoms with Crippen LogP contribution in [0.2, 0.25) is 0 Å². The van der Waals surface area contributed by atoms with Crippen LogP contribution in [-0.2, 0) is 16.4 Å². The average Bonchev–Trinajstić information content (AvgIpc) is 3.34. The van der Waals surface area contributed by atoms with Crippen LogP contribution in [0.1, 0.15) is 64.0 Å². The quantitative estimate of drug-likeness (QED) is 0.366. The van der Waals surface area contributed by atoms with Gasteiger partial charge in [0.1, 0.15) is 6.10 Å². The summed E-state index contributed by atoms with van der Waals surface area (Å²) in [6.45, 7) is 7.93. The number of fused-ring (bicyclic) bond motifs is 1. The molecule has 0 bridgehead atoms. The standard InChI is InChI=1S/C29H39N5O4S2/c1-4-5-21-19-30-27(31-20-21)33-13-10-24(11-14-33)38-28-32-25-7-6-23(18-26(25)39-28)22-8-15-34(16-9-22)40(36,37)17-12-29(2,3)35/h6-8,18-20,24,35H,4-5,9-17H2,1-3H3. The molecule has 2 aliphatic heterocycles. The predicted molar refractivity (Wildman–Crippen MR) is 160 cm³/mol. The molecule has 5 rings (SSSR count). The first-order valence-corrected chi connectivity index (χ1v) is 16.5. The molecule has 1 N–H and O–H groups in total. The Morgan fingerprint density at radius 2 is 1.90 bits per heavy atom.